The van der Waals surface area contributed by atoms with Gasteiger partial charge < -0.3 is 9.47 Å². The van der Waals surface area contributed by atoms with Crippen LogP contribution in [0.4, 0.5) is 0 Å². The van der Waals surface area contributed by atoms with Gasteiger partial charge in [0, 0.05) is 4.47 Å². The summed E-state index contributed by atoms with van der Waals surface area (Å²) in [5.74, 6) is 1.17. The molecule has 0 unspecified atom stereocenters. The number of ether oxygens (including phenoxy) is 2. The van der Waals surface area contributed by atoms with Gasteiger partial charge in [-0.25, -0.2) is 5.43 Å². The molecule has 25 heavy (non-hydrogen) atoms. The number of hydrogen-bond acceptors (Lipinski definition) is 4. The summed E-state index contributed by atoms with van der Waals surface area (Å²) in [5.41, 5.74) is 4.27. The minimum Gasteiger partial charge on any atom is -0.493 e. The predicted molar refractivity (Wildman–Crippen MR) is 110 cm³/mol. The van der Waals surface area contributed by atoms with Crippen LogP contribution in [-0.4, -0.2) is 25.8 Å². The Morgan fingerprint density at radius 1 is 1.32 bits per heavy atom. The van der Waals surface area contributed by atoms with E-state index in [1.165, 1.54) is 0 Å². The van der Waals surface area contributed by atoms with Crippen LogP contribution in [0, 0.1) is 3.57 Å². The van der Waals surface area contributed by atoms with Gasteiger partial charge in [0.05, 0.1) is 29.9 Å². The van der Waals surface area contributed by atoms with Gasteiger partial charge in [-0.15, -0.1) is 0 Å². The summed E-state index contributed by atoms with van der Waals surface area (Å²) in [5, 5.41) is 4.01. The molecule has 0 aliphatic heterocycles. The highest BCUT2D eigenvalue weighted by Gasteiger charge is 2.10. The maximum absolute atomic E-state index is 11.9. The Balaban J connectivity index is 2.00. The molecule has 7 heteroatoms. The van der Waals surface area contributed by atoms with E-state index in [1.807, 2.05) is 43.3 Å². The van der Waals surface area contributed by atoms with Crippen LogP contribution in [0.25, 0.3) is 0 Å². The standard InChI is InChI=1S/C18H18BrIN2O3/c1-3-25-18-15(20)8-13(9-16(18)24-2)11-21-22-17(23)10-12-4-6-14(19)7-5-12/h4-9,11H,3,10H2,1-2H3,(H,22,23)/b21-11-. The second-order valence-electron chi connectivity index (χ2n) is 5.06. The van der Waals surface area contributed by atoms with Gasteiger partial charge in [-0.1, -0.05) is 28.1 Å². The van der Waals surface area contributed by atoms with Crippen LogP contribution in [0.15, 0.2) is 46.0 Å². The van der Waals surface area contributed by atoms with E-state index < -0.39 is 0 Å². The third-order valence-electron chi connectivity index (χ3n) is 3.22. The van der Waals surface area contributed by atoms with Gasteiger partial charge >= 0.3 is 0 Å². The number of benzene rings is 2. The Morgan fingerprint density at radius 3 is 2.68 bits per heavy atom. The van der Waals surface area contributed by atoms with Crippen LogP contribution in [0.3, 0.4) is 0 Å². The Labute approximate surface area is 169 Å². The van der Waals surface area contributed by atoms with E-state index in [-0.39, 0.29) is 12.3 Å². The number of carbonyl (C=O) groups excluding carboxylic acids is 1. The van der Waals surface area contributed by atoms with Crippen molar-refractivity contribution in [1.82, 2.24) is 5.43 Å². The average molecular weight is 517 g/mol. The number of carbonyl (C=O) groups is 1. The number of amides is 1. The summed E-state index contributed by atoms with van der Waals surface area (Å²) in [6, 6.07) is 11.3. The first-order valence-corrected chi connectivity index (χ1v) is 9.47. The Bertz CT molecular complexity index is 764. The zero-order chi connectivity index (χ0) is 18.2. The molecule has 2 rings (SSSR count). The van der Waals surface area contributed by atoms with Crippen molar-refractivity contribution in [3.63, 3.8) is 0 Å². The summed E-state index contributed by atoms with van der Waals surface area (Å²) < 4.78 is 12.8. The van der Waals surface area contributed by atoms with Gasteiger partial charge in [0.15, 0.2) is 11.5 Å². The maximum Gasteiger partial charge on any atom is 0.244 e. The van der Waals surface area contributed by atoms with Crippen molar-refractivity contribution in [3.8, 4) is 11.5 Å². The average Bonchev–Trinajstić information content (AvgIpc) is 2.59. The smallest absolute Gasteiger partial charge is 0.244 e. The van der Waals surface area contributed by atoms with Crippen LogP contribution in [0.2, 0.25) is 0 Å². The highest BCUT2D eigenvalue weighted by atomic mass is 127. The first-order valence-electron chi connectivity index (χ1n) is 7.60. The Morgan fingerprint density at radius 2 is 2.04 bits per heavy atom. The lowest BCUT2D eigenvalue weighted by molar-refractivity contribution is -0.120. The van der Waals surface area contributed by atoms with E-state index >= 15 is 0 Å². The van der Waals surface area contributed by atoms with Gasteiger partial charge in [-0.2, -0.15) is 5.10 Å². The second kappa shape index (κ2) is 9.76. The quantitative estimate of drug-likeness (QED) is 0.341. The third-order valence-corrected chi connectivity index (χ3v) is 4.55. The molecule has 0 radical (unpaired) electrons. The van der Waals surface area contributed by atoms with E-state index in [0.717, 1.165) is 19.2 Å². The molecular formula is C18H18BrIN2O3. The van der Waals surface area contributed by atoms with E-state index in [4.69, 9.17) is 9.47 Å². The van der Waals surface area contributed by atoms with Crippen LogP contribution in [0.1, 0.15) is 18.1 Å². The Kier molecular flexibility index (Phi) is 7.70. The lowest BCUT2D eigenvalue weighted by Crippen LogP contribution is -2.19. The van der Waals surface area contributed by atoms with Gasteiger partial charge in [0.25, 0.3) is 0 Å². The van der Waals surface area contributed by atoms with Crippen molar-refractivity contribution in [3.05, 3.63) is 55.6 Å². The normalized spacial score (nSPS) is 10.7. The van der Waals surface area contributed by atoms with Crippen molar-refractivity contribution >= 4 is 50.6 Å². The fourth-order valence-electron chi connectivity index (χ4n) is 2.10. The van der Waals surface area contributed by atoms with Gasteiger partial charge in [0.2, 0.25) is 5.91 Å². The molecule has 0 aliphatic carbocycles. The van der Waals surface area contributed by atoms with E-state index in [2.05, 4.69) is 49.0 Å². The first kappa shape index (κ1) is 19.7. The van der Waals surface area contributed by atoms with Crippen molar-refractivity contribution in [2.24, 2.45) is 5.10 Å². The lowest BCUT2D eigenvalue weighted by atomic mass is 10.1. The largest absolute Gasteiger partial charge is 0.493 e. The molecule has 0 bridgehead atoms. The minimum atomic E-state index is -0.175. The Hall–Kier alpha value is -1.61. The van der Waals surface area contributed by atoms with Gasteiger partial charge in [-0.05, 0) is 64.9 Å². The lowest BCUT2D eigenvalue weighted by Gasteiger charge is -2.12. The number of rotatable bonds is 7. The van der Waals surface area contributed by atoms with Gasteiger partial charge in [0.1, 0.15) is 0 Å². The monoisotopic (exact) mass is 516 g/mol. The molecule has 0 saturated heterocycles. The molecule has 0 fully saturated rings. The summed E-state index contributed by atoms with van der Waals surface area (Å²) in [6.45, 7) is 2.48. The second-order valence-corrected chi connectivity index (χ2v) is 7.14. The highest BCUT2D eigenvalue weighted by Crippen LogP contribution is 2.33. The van der Waals surface area contributed by atoms with E-state index in [0.29, 0.717) is 18.1 Å². The number of methoxy groups -OCH3 is 1. The fraction of sp³-hybridized carbons (Fsp3) is 0.222. The molecule has 0 aromatic heterocycles. The number of halogens is 2. The summed E-state index contributed by atoms with van der Waals surface area (Å²) in [7, 11) is 1.59. The van der Waals surface area contributed by atoms with Crippen molar-refractivity contribution in [2.75, 3.05) is 13.7 Å². The number of hydrazone groups is 1. The summed E-state index contributed by atoms with van der Waals surface area (Å²) in [4.78, 5) is 11.9. The first-order chi connectivity index (χ1) is 12.0. The van der Waals surface area contributed by atoms with Crippen molar-refractivity contribution in [2.45, 2.75) is 13.3 Å². The molecule has 132 valence electrons. The summed E-state index contributed by atoms with van der Waals surface area (Å²) >= 11 is 5.55. The molecule has 0 spiro atoms. The number of nitrogens with zero attached hydrogens (tertiary/aromatic N) is 1. The molecule has 5 nitrogen and oxygen atoms in total. The van der Waals surface area contributed by atoms with Crippen LogP contribution in [0.5, 0.6) is 11.5 Å². The molecule has 0 atom stereocenters. The van der Waals surface area contributed by atoms with Crippen LogP contribution < -0.4 is 14.9 Å². The van der Waals surface area contributed by atoms with E-state index in [1.54, 1.807) is 13.3 Å². The SMILES string of the molecule is CCOc1c(I)cc(/C=N\NC(=O)Cc2ccc(Br)cc2)cc1OC. The zero-order valence-corrected chi connectivity index (χ0v) is 17.6. The number of hydrogen-bond donors (Lipinski definition) is 1. The minimum absolute atomic E-state index is 0.175. The summed E-state index contributed by atoms with van der Waals surface area (Å²) in [6.07, 6.45) is 1.86. The maximum atomic E-state index is 11.9. The highest BCUT2D eigenvalue weighted by molar-refractivity contribution is 14.1. The fourth-order valence-corrected chi connectivity index (χ4v) is 3.15. The molecule has 1 amide bonds. The molecular weight excluding hydrogens is 499 g/mol. The zero-order valence-electron chi connectivity index (χ0n) is 13.9. The molecule has 0 saturated carbocycles. The van der Waals surface area contributed by atoms with E-state index in [9.17, 15) is 4.79 Å². The van der Waals surface area contributed by atoms with Gasteiger partial charge in [-0.3, -0.25) is 4.79 Å². The van der Waals surface area contributed by atoms with Crippen molar-refractivity contribution in [1.29, 1.82) is 0 Å². The molecule has 0 heterocycles. The molecule has 2 aromatic rings. The molecule has 2 aromatic carbocycles. The van der Waals surface area contributed by atoms with Crippen molar-refractivity contribution < 1.29 is 14.3 Å². The third kappa shape index (κ3) is 6.00. The predicted octanol–water partition coefficient (Wildman–Crippen LogP) is 4.15. The number of nitrogens with one attached hydrogen (secondary N) is 1. The van der Waals surface area contributed by atoms with Crippen LogP contribution >= 0.6 is 38.5 Å². The molecule has 1 N–H and O–H groups in total. The molecule has 0 aliphatic rings. The topological polar surface area (TPSA) is 59.9 Å². The van der Waals surface area contributed by atoms with Crippen LogP contribution in [-0.2, 0) is 11.2 Å².